The largest absolute Gasteiger partial charge is 0.370 e. The van der Waals surface area contributed by atoms with Crippen LogP contribution < -0.4 is 15.8 Å². The zero-order valence-corrected chi connectivity index (χ0v) is 15.4. The Kier molecular flexibility index (Phi) is 5.71. The summed E-state index contributed by atoms with van der Waals surface area (Å²) < 4.78 is 1.32. The number of aryl methyl sites for hydroxylation is 1. The van der Waals surface area contributed by atoms with Gasteiger partial charge in [-0.05, 0) is 24.3 Å². The maximum absolute atomic E-state index is 12.5. The standard InChI is InChI=1S/C20H26N4O2/c1-15(16-6-4-3-5-7-16)13-21-20(26)17-8-10-24(11-9-17)18-12-19(25)23(2)22-14-18/h3-7,12,14-15,17H,8-11,13H2,1-2H3,(H,21,26). The molecule has 1 amide bonds. The van der Waals surface area contributed by atoms with Crippen molar-refractivity contribution in [2.75, 3.05) is 24.5 Å². The molecule has 1 aromatic heterocycles. The topological polar surface area (TPSA) is 67.2 Å². The van der Waals surface area contributed by atoms with Crippen LogP contribution in [0.1, 0.15) is 31.2 Å². The van der Waals surface area contributed by atoms with E-state index in [0.717, 1.165) is 31.6 Å². The van der Waals surface area contributed by atoms with E-state index >= 15 is 0 Å². The predicted octanol–water partition coefficient (Wildman–Crippen LogP) is 1.92. The van der Waals surface area contributed by atoms with Crippen molar-refractivity contribution in [2.24, 2.45) is 13.0 Å². The molecule has 2 aromatic rings. The van der Waals surface area contributed by atoms with Crippen LogP contribution >= 0.6 is 0 Å². The van der Waals surface area contributed by atoms with Gasteiger partial charge in [0.25, 0.3) is 5.56 Å². The minimum atomic E-state index is -0.114. The van der Waals surface area contributed by atoms with E-state index in [1.807, 2.05) is 18.2 Å². The average molecular weight is 354 g/mol. The molecule has 1 atom stereocenters. The van der Waals surface area contributed by atoms with Gasteiger partial charge in [-0.3, -0.25) is 9.59 Å². The van der Waals surface area contributed by atoms with Crippen molar-refractivity contribution in [1.82, 2.24) is 15.1 Å². The SMILES string of the molecule is CC(CNC(=O)C1CCN(c2cnn(C)c(=O)c2)CC1)c1ccccc1. The quantitative estimate of drug-likeness (QED) is 0.891. The van der Waals surface area contributed by atoms with Gasteiger partial charge >= 0.3 is 0 Å². The lowest BCUT2D eigenvalue weighted by molar-refractivity contribution is -0.125. The van der Waals surface area contributed by atoms with Gasteiger partial charge in [0, 0.05) is 38.7 Å². The summed E-state index contributed by atoms with van der Waals surface area (Å²) in [6, 6.07) is 11.8. The van der Waals surface area contributed by atoms with Crippen LogP contribution in [0, 0.1) is 5.92 Å². The van der Waals surface area contributed by atoms with Crippen molar-refractivity contribution in [2.45, 2.75) is 25.7 Å². The second-order valence-electron chi connectivity index (χ2n) is 6.99. The maximum atomic E-state index is 12.5. The van der Waals surface area contributed by atoms with Crippen LogP contribution in [0.25, 0.3) is 0 Å². The number of aromatic nitrogens is 2. The van der Waals surface area contributed by atoms with Gasteiger partial charge in [0.15, 0.2) is 0 Å². The Bertz CT molecular complexity index is 795. The Balaban J connectivity index is 1.49. The summed E-state index contributed by atoms with van der Waals surface area (Å²) in [4.78, 5) is 26.3. The zero-order valence-electron chi connectivity index (χ0n) is 15.4. The number of benzene rings is 1. The first-order valence-corrected chi connectivity index (χ1v) is 9.15. The van der Waals surface area contributed by atoms with E-state index in [1.54, 1.807) is 19.3 Å². The minimum Gasteiger partial charge on any atom is -0.370 e. The third-order valence-corrected chi connectivity index (χ3v) is 5.14. The highest BCUT2D eigenvalue weighted by atomic mass is 16.2. The molecule has 1 fully saturated rings. The number of hydrogen-bond donors (Lipinski definition) is 1. The summed E-state index contributed by atoms with van der Waals surface area (Å²) in [5.74, 6) is 0.468. The van der Waals surface area contributed by atoms with Crippen LogP contribution in [0.2, 0.25) is 0 Å². The molecule has 0 aliphatic carbocycles. The molecule has 1 saturated heterocycles. The number of amides is 1. The van der Waals surface area contributed by atoms with E-state index in [1.165, 1.54) is 10.2 Å². The van der Waals surface area contributed by atoms with Crippen LogP contribution in [-0.2, 0) is 11.8 Å². The second kappa shape index (κ2) is 8.17. The molecule has 3 rings (SSSR count). The van der Waals surface area contributed by atoms with E-state index in [2.05, 4.69) is 34.4 Å². The van der Waals surface area contributed by atoms with Crippen LogP contribution in [0.15, 0.2) is 47.4 Å². The summed E-state index contributed by atoms with van der Waals surface area (Å²) in [6.45, 7) is 4.31. The molecule has 0 saturated carbocycles. The molecular formula is C20H26N4O2. The Hall–Kier alpha value is -2.63. The summed E-state index contributed by atoms with van der Waals surface area (Å²) in [5.41, 5.74) is 1.96. The molecule has 1 aromatic carbocycles. The van der Waals surface area contributed by atoms with Gasteiger partial charge in [-0.1, -0.05) is 37.3 Å². The van der Waals surface area contributed by atoms with Crippen molar-refractivity contribution in [3.8, 4) is 0 Å². The molecule has 1 aliphatic rings. The minimum absolute atomic E-state index is 0.0359. The zero-order chi connectivity index (χ0) is 18.5. The first-order valence-electron chi connectivity index (χ1n) is 9.15. The summed E-state index contributed by atoms with van der Waals surface area (Å²) in [7, 11) is 1.64. The summed E-state index contributed by atoms with van der Waals surface area (Å²) in [5, 5.41) is 7.17. The number of nitrogens with one attached hydrogen (secondary N) is 1. The van der Waals surface area contributed by atoms with E-state index in [0.29, 0.717) is 12.5 Å². The lowest BCUT2D eigenvalue weighted by Crippen LogP contribution is -2.41. The fraction of sp³-hybridized carbons (Fsp3) is 0.450. The van der Waals surface area contributed by atoms with Crippen LogP contribution in [0.3, 0.4) is 0 Å². The third kappa shape index (κ3) is 4.31. The Labute approximate surface area is 153 Å². The lowest BCUT2D eigenvalue weighted by Gasteiger charge is -2.32. The first-order chi connectivity index (χ1) is 12.5. The summed E-state index contributed by atoms with van der Waals surface area (Å²) in [6.07, 6.45) is 3.30. The Morgan fingerprint density at radius 1 is 1.27 bits per heavy atom. The molecule has 2 heterocycles. The smallest absolute Gasteiger partial charge is 0.268 e. The first kappa shape index (κ1) is 18.2. The van der Waals surface area contributed by atoms with E-state index in [4.69, 9.17) is 0 Å². The van der Waals surface area contributed by atoms with Gasteiger partial charge in [-0.2, -0.15) is 5.10 Å². The van der Waals surface area contributed by atoms with Gasteiger partial charge in [0.2, 0.25) is 5.91 Å². The van der Waals surface area contributed by atoms with E-state index in [-0.39, 0.29) is 17.4 Å². The van der Waals surface area contributed by atoms with Crippen molar-refractivity contribution >= 4 is 11.6 Å². The molecule has 0 spiro atoms. The monoisotopic (exact) mass is 354 g/mol. The molecule has 0 radical (unpaired) electrons. The Morgan fingerprint density at radius 2 is 1.96 bits per heavy atom. The Morgan fingerprint density at radius 3 is 2.62 bits per heavy atom. The van der Waals surface area contributed by atoms with Gasteiger partial charge in [-0.15, -0.1) is 0 Å². The molecular weight excluding hydrogens is 328 g/mol. The molecule has 26 heavy (non-hydrogen) atoms. The van der Waals surface area contributed by atoms with E-state index in [9.17, 15) is 9.59 Å². The van der Waals surface area contributed by atoms with Gasteiger partial charge in [-0.25, -0.2) is 4.68 Å². The van der Waals surface area contributed by atoms with Gasteiger partial charge in [0.05, 0.1) is 11.9 Å². The number of piperidine rings is 1. The number of hydrogen-bond acceptors (Lipinski definition) is 4. The van der Waals surface area contributed by atoms with E-state index < -0.39 is 0 Å². The number of nitrogens with zero attached hydrogens (tertiary/aromatic N) is 3. The fourth-order valence-electron chi connectivity index (χ4n) is 3.33. The van der Waals surface area contributed by atoms with Crippen molar-refractivity contribution in [3.63, 3.8) is 0 Å². The number of anilines is 1. The fourth-order valence-corrected chi connectivity index (χ4v) is 3.33. The number of carbonyl (C=O) groups excluding carboxylic acids is 1. The third-order valence-electron chi connectivity index (χ3n) is 5.14. The van der Waals surface area contributed by atoms with Gasteiger partial charge < -0.3 is 10.2 Å². The van der Waals surface area contributed by atoms with Crippen molar-refractivity contribution in [3.05, 3.63) is 58.5 Å². The number of carbonyl (C=O) groups is 1. The normalized spacial score (nSPS) is 16.3. The number of rotatable bonds is 5. The maximum Gasteiger partial charge on any atom is 0.268 e. The predicted molar refractivity (Wildman–Crippen MR) is 102 cm³/mol. The lowest BCUT2D eigenvalue weighted by atomic mass is 9.95. The van der Waals surface area contributed by atoms with Gasteiger partial charge in [0.1, 0.15) is 0 Å². The summed E-state index contributed by atoms with van der Waals surface area (Å²) >= 11 is 0. The molecule has 138 valence electrons. The van der Waals surface area contributed by atoms with Crippen molar-refractivity contribution < 1.29 is 4.79 Å². The molecule has 6 heteroatoms. The molecule has 1 unspecified atom stereocenters. The highest BCUT2D eigenvalue weighted by molar-refractivity contribution is 5.79. The molecule has 1 N–H and O–H groups in total. The molecule has 1 aliphatic heterocycles. The van der Waals surface area contributed by atoms with Crippen LogP contribution in [0.4, 0.5) is 5.69 Å². The second-order valence-corrected chi connectivity index (χ2v) is 6.99. The van der Waals surface area contributed by atoms with Crippen LogP contribution in [0.5, 0.6) is 0 Å². The highest BCUT2D eigenvalue weighted by Crippen LogP contribution is 2.22. The van der Waals surface area contributed by atoms with Crippen LogP contribution in [-0.4, -0.2) is 35.3 Å². The highest BCUT2D eigenvalue weighted by Gasteiger charge is 2.25. The average Bonchev–Trinajstić information content (AvgIpc) is 2.69. The molecule has 0 bridgehead atoms. The van der Waals surface area contributed by atoms with Crippen molar-refractivity contribution in [1.29, 1.82) is 0 Å². The molecule has 6 nitrogen and oxygen atoms in total.